The van der Waals surface area contributed by atoms with Gasteiger partial charge in [-0.15, -0.1) is 0 Å². The van der Waals surface area contributed by atoms with Gasteiger partial charge in [-0.2, -0.15) is 0 Å². The standard InChI is InChI=1S/C18H27OP.Li/c1-11-12(2)14(4)17(15(5)13(11)3)18(19)20-16-9-7-6-8-10-16;/h16,20H,6-10H2,1-5H3;. The summed E-state index contributed by atoms with van der Waals surface area (Å²) in [7, 11) is 0.476. The Kier molecular flexibility index (Phi) is 7.19. The zero-order chi connectivity index (χ0) is 14.9. The second kappa shape index (κ2) is 7.96. The van der Waals surface area contributed by atoms with E-state index in [2.05, 4.69) is 34.6 Å². The minimum Gasteiger partial charge on any atom is -0.289 e. The van der Waals surface area contributed by atoms with Crippen LogP contribution in [0.4, 0.5) is 0 Å². The normalized spacial score (nSPS) is 16.2. The predicted molar refractivity (Wildman–Crippen MR) is 95.4 cm³/mol. The van der Waals surface area contributed by atoms with Crippen molar-refractivity contribution in [3.05, 3.63) is 33.4 Å². The van der Waals surface area contributed by atoms with E-state index in [4.69, 9.17) is 0 Å². The second-order valence-corrected chi connectivity index (χ2v) is 7.87. The molecule has 0 N–H and O–H groups in total. The summed E-state index contributed by atoms with van der Waals surface area (Å²) in [6, 6.07) is 0. The van der Waals surface area contributed by atoms with Crippen molar-refractivity contribution in [2.75, 3.05) is 0 Å². The van der Waals surface area contributed by atoms with Crippen LogP contribution in [0.15, 0.2) is 0 Å². The van der Waals surface area contributed by atoms with Crippen molar-refractivity contribution < 1.29 is 4.79 Å². The van der Waals surface area contributed by atoms with Gasteiger partial charge in [0.1, 0.15) is 0 Å². The second-order valence-electron chi connectivity index (χ2n) is 6.31. The summed E-state index contributed by atoms with van der Waals surface area (Å²) in [6.45, 7) is 10.7. The number of carbonyl (C=O) groups is 1. The maximum atomic E-state index is 12.8. The minimum absolute atomic E-state index is 0. The summed E-state index contributed by atoms with van der Waals surface area (Å²) in [6.07, 6.45) is 6.50. The molecule has 1 unspecified atom stereocenters. The molecular formula is C18H27LiOP. The first kappa shape index (κ1) is 19.0. The van der Waals surface area contributed by atoms with Crippen LogP contribution in [0.25, 0.3) is 0 Å². The van der Waals surface area contributed by atoms with Crippen LogP contribution < -0.4 is 0 Å². The van der Waals surface area contributed by atoms with Gasteiger partial charge in [-0.05, 0) is 89.5 Å². The first-order valence-corrected chi connectivity index (χ1v) is 8.89. The van der Waals surface area contributed by atoms with Gasteiger partial charge in [0.05, 0.1) is 0 Å². The van der Waals surface area contributed by atoms with E-state index in [1.165, 1.54) is 59.9 Å². The Morgan fingerprint density at radius 2 is 1.24 bits per heavy atom. The van der Waals surface area contributed by atoms with Gasteiger partial charge < -0.3 is 0 Å². The van der Waals surface area contributed by atoms with Crippen LogP contribution in [0.2, 0.25) is 0 Å². The molecule has 0 aliphatic heterocycles. The average molecular weight is 297 g/mol. The molecule has 1 aromatic rings. The molecule has 1 saturated carbocycles. The van der Waals surface area contributed by atoms with E-state index in [0.717, 1.165) is 5.56 Å². The van der Waals surface area contributed by atoms with Crippen LogP contribution >= 0.6 is 8.58 Å². The molecule has 1 fully saturated rings. The van der Waals surface area contributed by atoms with Crippen molar-refractivity contribution in [3.63, 3.8) is 0 Å². The van der Waals surface area contributed by atoms with Gasteiger partial charge in [-0.1, -0.05) is 19.3 Å². The van der Waals surface area contributed by atoms with Crippen molar-refractivity contribution >= 4 is 33.0 Å². The van der Waals surface area contributed by atoms with Crippen molar-refractivity contribution in [2.24, 2.45) is 0 Å². The monoisotopic (exact) mass is 297 g/mol. The largest absolute Gasteiger partial charge is 0.289 e. The summed E-state index contributed by atoms with van der Waals surface area (Å²) in [5.41, 5.74) is 8.43. The summed E-state index contributed by atoms with van der Waals surface area (Å²) in [5.74, 6) is 0. The van der Waals surface area contributed by atoms with Crippen LogP contribution in [0.5, 0.6) is 0 Å². The fourth-order valence-corrected chi connectivity index (χ4v) is 4.93. The van der Waals surface area contributed by atoms with Crippen molar-refractivity contribution in [3.8, 4) is 0 Å². The van der Waals surface area contributed by atoms with Crippen LogP contribution in [0, 0.1) is 34.6 Å². The van der Waals surface area contributed by atoms with Gasteiger partial charge >= 0.3 is 0 Å². The van der Waals surface area contributed by atoms with Gasteiger partial charge in [-0.25, -0.2) is 0 Å². The molecule has 0 bridgehead atoms. The molecule has 1 radical (unpaired) electrons. The van der Waals surface area contributed by atoms with Crippen molar-refractivity contribution in [2.45, 2.75) is 72.4 Å². The number of carbonyl (C=O) groups excluding carboxylic acids is 1. The maximum Gasteiger partial charge on any atom is 0.181 e. The molecule has 1 aliphatic carbocycles. The molecule has 0 amide bonds. The Balaban J connectivity index is 0.00000220. The van der Waals surface area contributed by atoms with Crippen LogP contribution in [0.3, 0.4) is 0 Å². The fourth-order valence-electron chi connectivity index (χ4n) is 3.35. The van der Waals surface area contributed by atoms with E-state index in [0.29, 0.717) is 19.8 Å². The molecule has 1 aromatic carbocycles. The molecule has 0 heterocycles. The van der Waals surface area contributed by atoms with E-state index < -0.39 is 0 Å². The fraction of sp³-hybridized carbons (Fsp3) is 0.611. The van der Waals surface area contributed by atoms with E-state index in [1.807, 2.05) is 0 Å². The Hall–Kier alpha value is -0.0826. The first-order valence-electron chi connectivity index (χ1n) is 7.81. The van der Waals surface area contributed by atoms with Crippen LogP contribution in [-0.4, -0.2) is 30.0 Å². The van der Waals surface area contributed by atoms with Crippen molar-refractivity contribution in [1.29, 1.82) is 0 Å². The Morgan fingerprint density at radius 1 is 0.810 bits per heavy atom. The summed E-state index contributed by atoms with van der Waals surface area (Å²) < 4.78 is 0. The molecule has 0 saturated heterocycles. The minimum atomic E-state index is 0. The molecule has 2 rings (SSSR count). The molecule has 1 aliphatic rings. The summed E-state index contributed by atoms with van der Waals surface area (Å²) in [4.78, 5) is 12.8. The smallest absolute Gasteiger partial charge is 0.181 e. The molecule has 3 heteroatoms. The zero-order valence-electron chi connectivity index (χ0n) is 14.5. The molecule has 1 atom stereocenters. The summed E-state index contributed by atoms with van der Waals surface area (Å²) in [5, 5.41) is 0. The molecule has 0 spiro atoms. The third-order valence-corrected chi connectivity index (χ3v) is 6.67. The first-order chi connectivity index (χ1) is 9.43. The molecule has 0 aromatic heterocycles. The Labute approximate surface area is 143 Å². The molecular weight excluding hydrogens is 270 g/mol. The molecule has 21 heavy (non-hydrogen) atoms. The number of hydrogen-bond donors (Lipinski definition) is 0. The summed E-state index contributed by atoms with van der Waals surface area (Å²) >= 11 is 0. The van der Waals surface area contributed by atoms with Gasteiger partial charge in [0.15, 0.2) is 5.52 Å². The number of rotatable bonds is 3. The zero-order valence-corrected chi connectivity index (χ0v) is 15.5. The maximum absolute atomic E-state index is 12.8. The Bertz CT molecular complexity index is 502. The SMILES string of the molecule is Cc1c(C)c(C)c(C(=O)PC2CCCCC2)c(C)c1C.[Li]. The predicted octanol–water partition coefficient (Wildman–Crippen LogP) is 5.00. The molecule has 1 nitrogen and oxygen atoms in total. The van der Waals surface area contributed by atoms with Gasteiger partial charge in [0.2, 0.25) is 0 Å². The van der Waals surface area contributed by atoms with Crippen LogP contribution in [0.1, 0.15) is 70.3 Å². The third kappa shape index (κ3) is 4.01. The van der Waals surface area contributed by atoms with E-state index >= 15 is 0 Å². The third-order valence-electron chi connectivity index (χ3n) is 5.17. The van der Waals surface area contributed by atoms with Gasteiger partial charge in [0.25, 0.3) is 0 Å². The van der Waals surface area contributed by atoms with E-state index in [9.17, 15) is 4.79 Å². The van der Waals surface area contributed by atoms with Gasteiger partial charge in [-0.3, -0.25) is 4.79 Å². The van der Waals surface area contributed by atoms with Crippen LogP contribution in [-0.2, 0) is 0 Å². The molecule has 111 valence electrons. The number of benzene rings is 1. The Morgan fingerprint density at radius 3 is 1.71 bits per heavy atom. The van der Waals surface area contributed by atoms with E-state index in [1.54, 1.807) is 0 Å². The average Bonchev–Trinajstić information content (AvgIpc) is 2.44. The van der Waals surface area contributed by atoms with Gasteiger partial charge in [0, 0.05) is 24.4 Å². The topological polar surface area (TPSA) is 17.1 Å². The van der Waals surface area contributed by atoms with E-state index in [-0.39, 0.29) is 18.9 Å². The quantitative estimate of drug-likeness (QED) is 0.567. The van der Waals surface area contributed by atoms with Crippen molar-refractivity contribution in [1.82, 2.24) is 0 Å². The number of hydrogen-bond acceptors (Lipinski definition) is 1.